The molecule has 136 valence electrons. The van der Waals surface area contributed by atoms with Crippen LogP contribution in [0.5, 0.6) is 0 Å². The molecule has 0 aliphatic carbocycles. The van der Waals surface area contributed by atoms with Crippen LogP contribution in [0.15, 0.2) is 33.9 Å². The highest BCUT2D eigenvalue weighted by Gasteiger charge is 2.09. The minimum Gasteiger partial charge on any atom is -0.372 e. The van der Waals surface area contributed by atoms with Crippen molar-refractivity contribution < 1.29 is 17.2 Å². The van der Waals surface area contributed by atoms with Crippen molar-refractivity contribution in [3.05, 3.63) is 29.3 Å². The molecule has 1 aromatic heterocycles. The lowest BCUT2D eigenvalue weighted by Crippen LogP contribution is -2.25. The number of hydrogen-bond acceptors (Lipinski definition) is 9. The second-order valence-electron chi connectivity index (χ2n) is 5.08. The average Bonchev–Trinajstić information content (AvgIpc) is 3.06. The molecule has 0 saturated heterocycles. The van der Waals surface area contributed by atoms with Crippen molar-refractivity contribution in [2.24, 2.45) is 10.2 Å². The zero-order valence-corrected chi connectivity index (χ0v) is 15.5. The van der Waals surface area contributed by atoms with Gasteiger partial charge in [-0.1, -0.05) is 11.3 Å². The van der Waals surface area contributed by atoms with E-state index in [0.29, 0.717) is 18.1 Å². The number of anilines is 1. The first kappa shape index (κ1) is 19.4. The van der Waals surface area contributed by atoms with E-state index in [2.05, 4.69) is 29.5 Å². The van der Waals surface area contributed by atoms with E-state index in [-0.39, 0.29) is 6.61 Å². The molecule has 0 amide bonds. The van der Waals surface area contributed by atoms with Crippen LogP contribution in [-0.4, -0.2) is 42.9 Å². The molecule has 0 unspecified atom stereocenters. The fourth-order valence-electron chi connectivity index (χ4n) is 2.15. The largest absolute Gasteiger partial charge is 0.397 e. The third kappa shape index (κ3) is 6.46. The van der Waals surface area contributed by atoms with Gasteiger partial charge in [-0.3, -0.25) is 4.55 Å². The Hall–Kier alpha value is -1.95. The molecule has 2 rings (SSSR count). The van der Waals surface area contributed by atoms with E-state index in [4.69, 9.17) is 4.55 Å². The van der Waals surface area contributed by atoms with Crippen LogP contribution in [0, 0.1) is 6.92 Å². The highest BCUT2D eigenvalue weighted by molar-refractivity contribution is 7.80. The van der Waals surface area contributed by atoms with Gasteiger partial charge in [0.05, 0.1) is 12.3 Å². The highest BCUT2D eigenvalue weighted by Crippen LogP contribution is 2.27. The topological polar surface area (TPSA) is 117 Å². The maximum absolute atomic E-state index is 10.5. The zero-order chi connectivity index (χ0) is 18.3. The highest BCUT2D eigenvalue weighted by atomic mass is 32.3. The number of hydrogen-bond donors (Lipinski definition) is 1. The van der Waals surface area contributed by atoms with Crippen molar-refractivity contribution in [2.45, 2.75) is 20.3 Å². The van der Waals surface area contributed by atoms with E-state index in [1.165, 1.54) is 11.3 Å². The molecule has 11 heteroatoms. The Bertz CT molecular complexity index is 809. The molecule has 0 saturated carbocycles. The van der Waals surface area contributed by atoms with Crippen LogP contribution >= 0.6 is 11.3 Å². The summed E-state index contributed by atoms with van der Waals surface area (Å²) < 4.78 is 34.0. The normalized spacial score (nSPS) is 12.0. The fourth-order valence-corrected chi connectivity index (χ4v) is 2.84. The summed E-state index contributed by atoms with van der Waals surface area (Å²) in [6, 6.07) is 5.78. The summed E-state index contributed by atoms with van der Waals surface area (Å²) in [5, 5.41) is 16.2. The van der Waals surface area contributed by atoms with Crippen LogP contribution in [0.25, 0.3) is 0 Å². The standard InChI is InChI=1S/C14H19N5O4S2/c1-3-19(7-4-8-23-25(20,21)22)12-5-6-13(11(2)9-12)16-18-14-17-15-10-24-14/h5-6,9-10H,3-4,7-8H2,1-2H3,(H,20,21,22). The molecule has 0 fully saturated rings. The summed E-state index contributed by atoms with van der Waals surface area (Å²) in [6.45, 7) is 5.21. The smallest absolute Gasteiger partial charge is 0.372 e. The summed E-state index contributed by atoms with van der Waals surface area (Å²) in [4.78, 5) is 2.08. The third-order valence-electron chi connectivity index (χ3n) is 3.32. The molecule has 1 aromatic carbocycles. The molecule has 2 aromatic rings. The number of rotatable bonds is 9. The van der Waals surface area contributed by atoms with Gasteiger partial charge in [-0.2, -0.15) is 8.42 Å². The molecule has 25 heavy (non-hydrogen) atoms. The molecule has 0 bridgehead atoms. The van der Waals surface area contributed by atoms with Crippen LogP contribution in [-0.2, 0) is 14.6 Å². The Kier molecular flexibility index (Phi) is 6.93. The van der Waals surface area contributed by atoms with Gasteiger partial charge in [-0.25, -0.2) is 4.18 Å². The van der Waals surface area contributed by atoms with E-state index in [0.717, 1.165) is 23.5 Å². The number of nitrogens with zero attached hydrogens (tertiary/aromatic N) is 5. The van der Waals surface area contributed by atoms with Gasteiger partial charge in [0.2, 0.25) is 0 Å². The van der Waals surface area contributed by atoms with E-state index < -0.39 is 10.4 Å². The van der Waals surface area contributed by atoms with Gasteiger partial charge < -0.3 is 4.90 Å². The Morgan fingerprint density at radius 2 is 2.16 bits per heavy atom. The minimum absolute atomic E-state index is 0.0670. The van der Waals surface area contributed by atoms with Crippen molar-refractivity contribution in [2.75, 3.05) is 24.6 Å². The summed E-state index contributed by atoms with van der Waals surface area (Å²) in [5.74, 6) is 0. The van der Waals surface area contributed by atoms with Gasteiger partial charge in [0.15, 0.2) is 0 Å². The van der Waals surface area contributed by atoms with Crippen LogP contribution in [0.1, 0.15) is 18.9 Å². The Balaban J connectivity index is 1.99. The van der Waals surface area contributed by atoms with Crippen LogP contribution < -0.4 is 4.90 Å². The molecule has 0 aliphatic rings. The second kappa shape index (κ2) is 8.94. The number of benzene rings is 1. The maximum atomic E-state index is 10.5. The lowest BCUT2D eigenvalue weighted by atomic mass is 10.1. The van der Waals surface area contributed by atoms with Gasteiger partial charge in [0, 0.05) is 18.8 Å². The van der Waals surface area contributed by atoms with Crippen molar-refractivity contribution in [1.29, 1.82) is 0 Å². The molecular formula is C14H19N5O4S2. The molecular weight excluding hydrogens is 366 g/mol. The van der Waals surface area contributed by atoms with Crippen molar-refractivity contribution >= 4 is 38.2 Å². The first-order valence-electron chi connectivity index (χ1n) is 7.54. The SMILES string of the molecule is CCN(CCCOS(=O)(=O)O)c1ccc(N=Nc2nncs2)c(C)c1. The van der Waals surface area contributed by atoms with Crippen molar-refractivity contribution in [3.63, 3.8) is 0 Å². The summed E-state index contributed by atoms with van der Waals surface area (Å²) >= 11 is 1.31. The average molecular weight is 385 g/mol. The van der Waals surface area contributed by atoms with Gasteiger partial charge in [0.25, 0.3) is 5.13 Å². The summed E-state index contributed by atoms with van der Waals surface area (Å²) in [7, 11) is -4.38. The maximum Gasteiger partial charge on any atom is 0.397 e. The van der Waals surface area contributed by atoms with Gasteiger partial charge >= 0.3 is 10.4 Å². The number of aryl methyl sites for hydroxylation is 1. The van der Waals surface area contributed by atoms with Crippen LogP contribution in [0.2, 0.25) is 0 Å². The molecule has 9 nitrogen and oxygen atoms in total. The Morgan fingerprint density at radius 3 is 2.76 bits per heavy atom. The Morgan fingerprint density at radius 1 is 1.36 bits per heavy atom. The van der Waals surface area contributed by atoms with Crippen molar-refractivity contribution in [1.82, 2.24) is 10.2 Å². The van der Waals surface area contributed by atoms with E-state index in [1.54, 1.807) is 5.51 Å². The first-order valence-corrected chi connectivity index (χ1v) is 9.79. The third-order valence-corrected chi connectivity index (χ3v) is 4.36. The van der Waals surface area contributed by atoms with E-state index >= 15 is 0 Å². The lowest BCUT2D eigenvalue weighted by Gasteiger charge is -2.23. The zero-order valence-electron chi connectivity index (χ0n) is 13.9. The molecule has 0 spiro atoms. The van der Waals surface area contributed by atoms with E-state index in [1.807, 2.05) is 32.0 Å². The monoisotopic (exact) mass is 385 g/mol. The number of aromatic nitrogens is 2. The van der Waals surface area contributed by atoms with Gasteiger partial charge in [0.1, 0.15) is 5.51 Å². The Labute approximate surface area is 150 Å². The lowest BCUT2D eigenvalue weighted by molar-refractivity contribution is 0.266. The molecule has 0 aliphatic heterocycles. The second-order valence-corrected chi connectivity index (χ2v) is 6.98. The molecule has 0 radical (unpaired) electrons. The van der Waals surface area contributed by atoms with E-state index in [9.17, 15) is 8.42 Å². The predicted molar refractivity (Wildman–Crippen MR) is 95.3 cm³/mol. The summed E-state index contributed by atoms with van der Waals surface area (Å²) in [6.07, 6.45) is 0.463. The molecule has 0 atom stereocenters. The fraction of sp³-hybridized carbons (Fsp3) is 0.429. The first-order chi connectivity index (χ1) is 11.9. The predicted octanol–water partition coefficient (Wildman–Crippen LogP) is 3.30. The van der Waals surface area contributed by atoms with Gasteiger partial charge in [-0.05, 0) is 44.0 Å². The van der Waals surface area contributed by atoms with Crippen molar-refractivity contribution in [3.8, 4) is 0 Å². The quantitative estimate of drug-likeness (QED) is 0.400. The van der Waals surface area contributed by atoms with Gasteiger partial charge in [-0.15, -0.1) is 20.4 Å². The summed E-state index contributed by atoms with van der Waals surface area (Å²) in [5.41, 5.74) is 4.28. The number of azo groups is 1. The van der Waals surface area contributed by atoms with Crippen LogP contribution in [0.4, 0.5) is 16.5 Å². The molecule has 1 heterocycles. The minimum atomic E-state index is -4.38. The van der Waals surface area contributed by atoms with Crippen LogP contribution in [0.3, 0.4) is 0 Å². The molecule has 1 N–H and O–H groups in total.